The van der Waals surface area contributed by atoms with Gasteiger partial charge in [0.25, 0.3) is 5.91 Å². The van der Waals surface area contributed by atoms with Gasteiger partial charge < -0.3 is 20.5 Å². The lowest BCUT2D eigenvalue weighted by atomic mass is 9.82. The van der Waals surface area contributed by atoms with Crippen LogP contribution in [0, 0.1) is 11.8 Å². The van der Waals surface area contributed by atoms with Gasteiger partial charge in [0.15, 0.2) is 0 Å². The third-order valence-corrected chi connectivity index (χ3v) is 4.86. The van der Waals surface area contributed by atoms with Crippen LogP contribution in [0.2, 0.25) is 0 Å². The molecule has 3 rings (SSSR count). The van der Waals surface area contributed by atoms with Gasteiger partial charge in [-0.05, 0) is 49.2 Å². The molecule has 0 heterocycles. The van der Waals surface area contributed by atoms with E-state index in [1.807, 2.05) is 6.08 Å². The molecule has 3 N–H and O–H groups in total. The van der Waals surface area contributed by atoms with Gasteiger partial charge in [-0.25, -0.2) is 0 Å². The Morgan fingerprint density at radius 2 is 1.59 bits per heavy atom. The van der Waals surface area contributed by atoms with Gasteiger partial charge in [0.1, 0.15) is 5.75 Å². The number of ether oxygens (including phenoxy) is 1. The van der Waals surface area contributed by atoms with Crippen molar-refractivity contribution in [1.82, 2.24) is 0 Å². The molecule has 2 atom stereocenters. The average molecular weight is 394 g/mol. The van der Waals surface area contributed by atoms with Crippen molar-refractivity contribution in [1.29, 1.82) is 0 Å². The number of hydrogen-bond acceptors (Lipinski definition) is 4. The fourth-order valence-electron chi connectivity index (χ4n) is 3.27. The largest absolute Gasteiger partial charge is 0.497 e. The Labute approximate surface area is 168 Å². The number of rotatable bonds is 6. The Morgan fingerprint density at radius 1 is 0.931 bits per heavy atom. The van der Waals surface area contributed by atoms with E-state index in [2.05, 4.69) is 10.6 Å². The van der Waals surface area contributed by atoms with E-state index < -0.39 is 23.7 Å². The van der Waals surface area contributed by atoms with E-state index in [1.165, 1.54) is 0 Å². The molecule has 150 valence electrons. The summed E-state index contributed by atoms with van der Waals surface area (Å²) in [6, 6.07) is 13.5. The quantitative estimate of drug-likeness (QED) is 0.650. The minimum atomic E-state index is -1.000. The van der Waals surface area contributed by atoms with Crippen molar-refractivity contribution in [3.63, 3.8) is 0 Å². The predicted molar refractivity (Wildman–Crippen MR) is 109 cm³/mol. The zero-order chi connectivity index (χ0) is 20.8. The van der Waals surface area contributed by atoms with Gasteiger partial charge in [0, 0.05) is 5.69 Å². The number of carbonyl (C=O) groups excluding carboxylic acids is 2. The monoisotopic (exact) mass is 394 g/mol. The molecule has 0 aromatic heterocycles. The third kappa shape index (κ3) is 4.82. The SMILES string of the molecule is COc1ccc(NC(=O)c2ccccc2NC(=O)[C@H]2CC=CC[C@H]2C(=O)O)cc1. The summed E-state index contributed by atoms with van der Waals surface area (Å²) in [6.45, 7) is 0. The molecule has 0 aliphatic heterocycles. The van der Waals surface area contributed by atoms with Crippen molar-refractivity contribution in [2.75, 3.05) is 17.7 Å². The van der Waals surface area contributed by atoms with E-state index in [9.17, 15) is 19.5 Å². The number of amides is 2. The Bertz CT molecular complexity index is 936. The number of anilines is 2. The van der Waals surface area contributed by atoms with Crippen LogP contribution in [0.4, 0.5) is 11.4 Å². The molecule has 0 fully saturated rings. The summed E-state index contributed by atoms with van der Waals surface area (Å²) in [5, 5.41) is 14.9. The molecule has 0 radical (unpaired) electrons. The molecule has 2 amide bonds. The third-order valence-electron chi connectivity index (χ3n) is 4.86. The topological polar surface area (TPSA) is 105 Å². The van der Waals surface area contributed by atoms with Gasteiger partial charge in [-0.3, -0.25) is 14.4 Å². The first-order valence-corrected chi connectivity index (χ1v) is 9.22. The molecule has 0 spiro atoms. The minimum absolute atomic E-state index is 0.287. The number of benzene rings is 2. The van der Waals surface area contributed by atoms with Crippen molar-refractivity contribution in [2.45, 2.75) is 12.8 Å². The first-order valence-electron chi connectivity index (χ1n) is 9.22. The number of nitrogens with one attached hydrogen (secondary N) is 2. The van der Waals surface area contributed by atoms with Gasteiger partial charge in [0.05, 0.1) is 30.2 Å². The number of methoxy groups -OCH3 is 1. The second kappa shape index (κ2) is 9.05. The Kier molecular flexibility index (Phi) is 6.29. The van der Waals surface area contributed by atoms with E-state index >= 15 is 0 Å². The molecule has 0 saturated heterocycles. The number of allylic oxidation sites excluding steroid dienone is 2. The predicted octanol–water partition coefficient (Wildman–Crippen LogP) is 3.55. The maximum Gasteiger partial charge on any atom is 0.307 e. The van der Waals surface area contributed by atoms with Gasteiger partial charge in [-0.1, -0.05) is 24.3 Å². The van der Waals surface area contributed by atoms with Crippen molar-refractivity contribution < 1.29 is 24.2 Å². The summed E-state index contributed by atoms with van der Waals surface area (Å²) in [5.74, 6) is -2.59. The second-order valence-electron chi connectivity index (χ2n) is 6.71. The fraction of sp³-hybridized carbons (Fsp3) is 0.227. The first kappa shape index (κ1) is 20.1. The maximum atomic E-state index is 12.7. The molecular formula is C22H22N2O5. The molecule has 7 heteroatoms. The lowest BCUT2D eigenvalue weighted by molar-refractivity contribution is -0.146. The van der Waals surface area contributed by atoms with Gasteiger partial charge in [-0.15, -0.1) is 0 Å². The number of aliphatic carboxylic acids is 1. The van der Waals surface area contributed by atoms with Crippen LogP contribution in [-0.4, -0.2) is 30.0 Å². The van der Waals surface area contributed by atoms with Crippen LogP contribution >= 0.6 is 0 Å². The number of carboxylic acids is 1. The minimum Gasteiger partial charge on any atom is -0.497 e. The highest BCUT2D eigenvalue weighted by Crippen LogP contribution is 2.28. The highest BCUT2D eigenvalue weighted by Gasteiger charge is 2.34. The zero-order valence-corrected chi connectivity index (χ0v) is 15.9. The summed E-state index contributed by atoms with van der Waals surface area (Å²) in [4.78, 5) is 36.9. The highest BCUT2D eigenvalue weighted by atomic mass is 16.5. The number of hydrogen-bond donors (Lipinski definition) is 3. The molecule has 0 saturated carbocycles. The van der Waals surface area contributed by atoms with E-state index in [0.29, 0.717) is 30.0 Å². The van der Waals surface area contributed by atoms with Crippen LogP contribution in [0.3, 0.4) is 0 Å². The average Bonchev–Trinajstić information content (AvgIpc) is 2.74. The standard InChI is InChI=1S/C22H22N2O5/c1-29-15-12-10-14(11-13-15)23-21(26)18-8-4-5-9-19(18)24-20(25)16-6-2-3-7-17(16)22(27)28/h2-5,8-13,16-17H,6-7H2,1H3,(H,23,26)(H,24,25)(H,27,28)/t16-,17+/m0/s1. The summed E-state index contributed by atoms with van der Waals surface area (Å²) in [7, 11) is 1.56. The summed E-state index contributed by atoms with van der Waals surface area (Å²) < 4.78 is 5.10. The Hall–Kier alpha value is -3.61. The first-order chi connectivity index (χ1) is 14.0. The van der Waals surface area contributed by atoms with E-state index in [1.54, 1.807) is 61.7 Å². The molecule has 7 nitrogen and oxygen atoms in total. The summed E-state index contributed by atoms with van der Waals surface area (Å²) >= 11 is 0. The van der Waals surface area contributed by atoms with Crippen molar-refractivity contribution >= 4 is 29.2 Å². The molecule has 0 unspecified atom stereocenters. The summed E-state index contributed by atoms with van der Waals surface area (Å²) in [6.07, 6.45) is 4.25. The van der Waals surface area contributed by atoms with E-state index in [-0.39, 0.29) is 11.5 Å². The molecule has 29 heavy (non-hydrogen) atoms. The lowest BCUT2D eigenvalue weighted by Gasteiger charge is -2.24. The van der Waals surface area contributed by atoms with E-state index in [4.69, 9.17) is 4.74 Å². The lowest BCUT2D eigenvalue weighted by Crippen LogP contribution is -2.35. The van der Waals surface area contributed by atoms with Crippen LogP contribution in [0.5, 0.6) is 5.75 Å². The van der Waals surface area contributed by atoms with Crippen LogP contribution in [0.1, 0.15) is 23.2 Å². The zero-order valence-electron chi connectivity index (χ0n) is 15.9. The molecule has 2 aromatic carbocycles. The number of carboxylic acid groups (broad SMARTS) is 1. The summed E-state index contributed by atoms with van der Waals surface area (Å²) in [5.41, 5.74) is 1.21. The smallest absolute Gasteiger partial charge is 0.307 e. The van der Waals surface area contributed by atoms with Crippen molar-refractivity contribution in [2.24, 2.45) is 11.8 Å². The molecule has 1 aliphatic rings. The second-order valence-corrected chi connectivity index (χ2v) is 6.71. The van der Waals surface area contributed by atoms with Gasteiger partial charge in [0.2, 0.25) is 5.91 Å². The van der Waals surface area contributed by atoms with Crippen molar-refractivity contribution in [3.8, 4) is 5.75 Å². The molecule has 0 bridgehead atoms. The molecule has 1 aliphatic carbocycles. The highest BCUT2D eigenvalue weighted by molar-refractivity contribution is 6.10. The molecular weight excluding hydrogens is 372 g/mol. The van der Waals surface area contributed by atoms with Gasteiger partial charge >= 0.3 is 5.97 Å². The normalized spacial score (nSPS) is 18.0. The van der Waals surface area contributed by atoms with Crippen LogP contribution in [0.15, 0.2) is 60.7 Å². The van der Waals surface area contributed by atoms with Crippen LogP contribution in [0.25, 0.3) is 0 Å². The van der Waals surface area contributed by atoms with Gasteiger partial charge in [-0.2, -0.15) is 0 Å². The van der Waals surface area contributed by atoms with Crippen LogP contribution in [-0.2, 0) is 9.59 Å². The number of para-hydroxylation sites is 1. The fourth-order valence-corrected chi connectivity index (χ4v) is 3.27. The Balaban J connectivity index is 1.75. The Morgan fingerprint density at radius 3 is 2.24 bits per heavy atom. The molecule has 2 aromatic rings. The van der Waals surface area contributed by atoms with E-state index in [0.717, 1.165) is 0 Å². The van der Waals surface area contributed by atoms with Crippen molar-refractivity contribution in [3.05, 3.63) is 66.2 Å². The van der Waals surface area contributed by atoms with Crippen LogP contribution < -0.4 is 15.4 Å². The maximum absolute atomic E-state index is 12.7. The number of carbonyl (C=O) groups is 3.